The summed E-state index contributed by atoms with van der Waals surface area (Å²) >= 11 is 0. The first-order valence-corrected chi connectivity index (χ1v) is 5.65. The summed E-state index contributed by atoms with van der Waals surface area (Å²) in [6.07, 6.45) is 4.97. The molecule has 0 N–H and O–H groups in total. The highest BCUT2D eigenvalue weighted by Crippen LogP contribution is 2.17. The molecule has 15 heavy (non-hydrogen) atoms. The lowest BCUT2D eigenvalue weighted by atomic mass is 9.95. The first kappa shape index (κ1) is 13.9. The smallest absolute Gasteiger partial charge is 0.106 e. The molecule has 0 atom stereocenters. The molecule has 0 heterocycles. The van der Waals surface area contributed by atoms with Crippen LogP contribution in [0.4, 0.5) is 0 Å². The quantitative estimate of drug-likeness (QED) is 0.734. The molecule has 0 saturated carbocycles. The minimum atomic E-state index is 1.23. The number of carbonyl (C=O) groups is 1. The van der Waals surface area contributed by atoms with Crippen molar-refractivity contribution in [2.24, 2.45) is 0 Å². The van der Waals surface area contributed by atoms with Crippen LogP contribution in [0.3, 0.4) is 0 Å². The average Bonchev–Trinajstić information content (AvgIpc) is 2.26. The molecule has 1 rings (SSSR count). The number of rotatable bonds is 4. The van der Waals surface area contributed by atoms with Crippen LogP contribution < -0.4 is 0 Å². The van der Waals surface area contributed by atoms with Gasteiger partial charge in [-0.1, -0.05) is 44.9 Å². The van der Waals surface area contributed by atoms with Crippen molar-refractivity contribution in [1.82, 2.24) is 0 Å². The first-order valence-electron chi connectivity index (χ1n) is 5.65. The molecule has 1 heteroatoms. The molecule has 0 aliphatic heterocycles. The highest BCUT2D eigenvalue weighted by molar-refractivity contribution is 5.34. The van der Waals surface area contributed by atoms with E-state index >= 15 is 0 Å². The van der Waals surface area contributed by atoms with Crippen LogP contribution in [0, 0.1) is 6.92 Å². The van der Waals surface area contributed by atoms with Crippen molar-refractivity contribution in [2.45, 2.75) is 46.5 Å². The second-order valence-electron chi connectivity index (χ2n) is 3.71. The van der Waals surface area contributed by atoms with Crippen molar-refractivity contribution >= 4 is 6.79 Å². The summed E-state index contributed by atoms with van der Waals surface area (Å²) in [6.45, 7) is 8.73. The number of benzene rings is 1. The normalized spacial score (nSPS) is 9.27. The van der Waals surface area contributed by atoms with Crippen LogP contribution in [0.1, 0.15) is 43.4 Å². The van der Waals surface area contributed by atoms with E-state index in [9.17, 15) is 0 Å². The Morgan fingerprint density at radius 1 is 1.07 bits per heavy atom. The SMILES string of the molecule is C=O.CCCc1cccc(C)c1CCC. The second kappa shape index (κ2) is 8.22. The topological polar surface area (TPSA) is 17.1 Å². The zero-order valence-corrected chi connectivity index (χ0v) is 10.2. The fourth-order valence-corrected chi connectivity index (χ4v) is 1.87. The zero-order chi connectivity index (χ0) is 11.7. The Kier molecular flexibility index (Phi) is 7.61. The van der Waals surface area contributed by atoms with Gasteiger partial charge in [-0.2, -0.15) is 0 Å². The summed E-state index contributed by atoms with van der Waals surface area (Å²) in [7, 11) is 0. The van der Waals surface area contributed by atoms with Gasteiger partial charge < -0.3 is 4.79 Å². The van der Waals surface area contributed by atoms with E-state index < -0.39 is 0 Å². The van der Waals surface area contributed by atoms with Gasteiger partial charge in [0.2, 0.25) is 0 Å². The number of hydrogen-bond acceptors (Lipinski definition) is 1. The largest absolute Gasteiger partial charge is 0.307 e. The van der Waals surface area contributed by atoms with Gasteiger partial charge in [-0.05, 0) is 36.5 Å². The summed E-state index contributed by atoms with van der Waals surface area (Å²) in [5.41, 5.74) is 4.61. The fourth-order valence-electron chi connectivity index (χ4n) is 1.87. The molecule has 0 spiro atoms. The van der Waals surface area contributed by atoms with E-state index in [-0.39, 0.29) is 0 Å². The Morgan fingerprint density at radius 3 is 2.20 bits per heavy atom. The molecular weight excluding hydrogens is 184 g/mol. The average molecular weight is 206 g/mol. The van der Waals surface area contributed by atoms with Gasteiger partial charge in [0.15, 0.2) is 0 Å². The number of carbonyl (C=O) groups excluding carboxylic acids is 1. The van der Waals surface area contributed by atoms with Gasteiger partial charge in [0.1, 0.15) is 6.79 Å². The van der Waals surface area contributed by atoms with E-state index in [1.165, 1.54) is 31.2 Å². The Balaban J connectivity index is 0.000000921. The Hall–Kier alpha value is -1.11. The lowest BCUT2D eigenvalue weighted by Gasteiger charge is -2.10. The molecule has 0 aliphatic carbocycles. The van der Waals surface area contributed by atoms with Crippen molar-refractivity contribution in [2.75, 3.05) is 0 Å². The summed E-state index contributed by atoms with van der Waals surface area (Å²) in [5, 5.41) is 0. The highest BCUT2D eigenvalue weighted by Gasteiger charge is 2.02. The molecule has 0 amide bonds. The maximum absolute atomic E-state index is 8.00. The van der Waals surface area contributed by atoms with E-state index in [1.807, 2.05) is 6.79 Å². The lowest BCUT2D eigenvalue weighted by Crippen LogP contribution is -1.96. The van der Waals surface area contributed by atoms with E-state index in [1.54, 1.807) is 11.1 Å². The summed E-state index contributed by atoms with van der Waals surface area (Å²) in [6, 6.07) is 6.69. The Labute approximate surface area is 93.5 Å². The third-order valence-corrected chi connectivity index (χ3v) is 2.53. The van der Waals surface area contributed by atoms with Gasteiger partial charge in [-0.15, -0.1) is 0 Å². The number of hydrogen-bond donors (Lipinski definition) is 0. The summed E-state index contributed by atoms with van der Waals surface area (Å²) in [4.78, 5) is 8.00. The minimum absolute atomic E-state index is 1.23. The van der Waals surface area contributed by atoms with Crippen LogP contribution in [0.25, 0.3) is 0 Å². The predicted octanol–water partition coefficient (Wildman–Crippen LogP) is 3.72. The summed E-state index contributed by atoms with van der Waals surface area (Å²) < 4.78 is 0. The van der Waals surface area contributed by atoms with Crippen LogP contribution in [-0.4, -0.2) is 6.79 Å². The van der Waals surface area contributed by atoms with Gasteiger partial charge in [-0.25, -0.2) is 0 Å². The maximum Gasteiger partial charge on any atom is 0.106 e. The van der Waals surface area contributed by atoms with E-state index in [2.05, 4.69) is 39.0 Å². The molecule has 1 aromatic rings. The van der Waals surface area contributed by atoms with Crippen molar-refractivity contribution in [3.05, 3.63) is 34.9 Å². The van der Waals surface area contributed by atoms with Crippen LogP contribution in [-0.2, 0) is 17.6 Å². The molecule has 1 aromatic carbocycles. The van der Waals surface area contributed by atoms with Gasteiger partial charge in [0.05, 0.1) is 0 Å². The van der Waals surface area contributed by atoms with Crippen molar-refractivity contribution in [3.63, 3.8) is 0 Å². The van der Waals surface area contributed by atoms with Crippen LogP contribution >= 0.6 is 0 Å². The Bertz CT molecular complexity index is 279. The highest BCUT2D eigenvalue weighted by atomic mass is 16.1. The zero-order valence-electron chi connectivity index (χ0n) is 10.2. The van der Waals surface area contributed by atoms with Gasteiger partial charge in [-0.3, -0.25) is 0 Å². The van der Waals surface area contributed by atoms with Crippen LogP contribution in [0.5, 0.6) is 0 Å². The standard InChI is InChI=1S/C13H20.CH2O/c1-4-7-12-10-6-9-11(3)13(12)8-5-2;1-2/h6,9-10H,4-5,7-8H2,1-3H3;1H2. The lowest BCUT2D eigenvalue weighted by molar-refractivity contribution is -0.0979. The van der Waals surface area contributed by atoms with Crippen LogP contribution in [0.2, 0.25) is 0 Å². The minimum Gasteiger partial charge on any atom is -0.307 e. The molecule has 0 unspecified atom stereocenters. The molecule has 0 aliphatic rings. The van der Waals surface area contributed by atoms with Gasteiger partial charge in [0, 0.05) is 0 Å². The monoisotopic (exact) mass is 206 g/mol. The molecule has 0 saturated heterocycles. The molecule has 0 bridgehead atoms. The van der Waals surface area contributed by atoms with Crippen molar-refractivity contribution < 1.29 is 4.79 Å². The van der Waals surface area contributed by atoms with Gasteiger partial charge >= 0.3 is 0 Å². The fraction of sp³-hybridized carbons (Fsp3) is 0.500. The van der Waals surface area contributed by atoms with Crippen molar-refractivity contribution in [1.29, 1.82) is 0 Å². The molecule has 0 radical (unpaired) electrons. The molecule has 84 valence electrons. The van der Waals surface area contributed by atoms with E-state index in [0.717, 1.165) is 0 Å². The Morgan fingerprint density at radius 2 is 1.67 bits per heavy atom. The first-order chi connectivity index (χ1) is 7.29. The van der Waals surface area contributed by atoms with Crippen molar-refractivity contribution in [3.8, 4) is 0 Å². The number of aryl methyl sites for hydroxylation is 2. The maximum atomic E-state index is 8.00. The predicted molar refractivity (Wildman–Crippen MR) is 66.3 cm³/mol. The third kappa shape index (κ3) is 4.28. The van der Waals surface area contributed by atoms with Gasteiger partial charge in [0.25, 0.3) is 0 Å². The van der Waals surface area contributed by atoms with E-state index in [4.69, 9.17) is 4.79 Å². The summed E-state index contributed by atoms with van der Waals surface area (Å²) in [5.74, 6) is 0. The third-order valence-electron chi connectivity index (χ3n) is 2.53. The molecule has 0 fully saturated rings. The molecule has 0 aromatic heterocycles. The molecular formula is C14H22O. The second-order valence-corrected chi connectivity index (χ2v) is 3.71. The van der Waals surface area contributed by atoms with E-state index in [0.29, 0.717) is 0 Å². The molecule has 1 nitrogen and oxygen atoms in total. The van der Waals surface area contributed by atoms with Crippen LogP contribution in [0.15, 0.2) is 18.2 Å².